The van der Waals surface area contributed by atoms with Gasteiger partial charge in [-0.2, -0.15) is 0 Å². The van der Waals surface area contributed by atoms with Crippen LogP contribution >= 0.6 is 0 Å². The van der Waals surface area contributed by atoms with Crippen molar-refractivity contribution in [3.05, 3.63) is 39.4 Å². The van der Waals surface area contributed by atoms with Crippen LogP contribution in [0.2, 0.25) is 0 Å². The fourth-order valence-corrected chi connectivity index (χ4v) is 2.58. The van der Waals surface area contributed by atoms with E-state index < -0.39 is 5.54 Å². The van der Waals surface area contributed by atoms with Crippen molar-refractivity contribution >= 4 is 5.69 Å². The number of hydrogen-bond donors (Lipinski definition) is 1. The maximum absolute atomic E-state index is 11.1. The monoisotopic (exact) mass is 220 g/mol. The third-order valence-corrected chi connectivity index (χ3v) is 3.45. The van der Waals surface area contributed by atoms with E-state index in [2.05, 4.69) is 0 Å². The Kier molecular flexibility index (Phi) is 2.68. The zero-order chi connectivity index (χ0) is 11.8. The van der Waals surface area contributed by atoms with Crippen molar-refractivity contribution in [3.8, 4) is 0 Å². The van der Waals surface area contributed by atoms with Crippen molar-refractivity contribution in [3.63, 3.8) is 0 Å². The molecule has 2 rings (SSSR count). The first-order valence-corrected chi connectivity index (χ1v) is 5.58. The van der Waals surface area contributed by atoms with Gasteiger partial charge in [-0.15, -0.1) is 0 Å². The van der Waals surface area contributed by atoms with Gasteiger partial charge in [-0.05, 0) is 19.8 Å². The molecule has 0 bridgehead atoms. The van der Waals surface area contributed by atoms with Crippen LogP contribution in [0.25, 0.3) is 0 Å². The maximum Gasteiger partial charge on any atom is 0.277 e. The van der Waals surface area contributed by atoms with E-state index in [9.17, 15) is 10.1 Å². The Labute approximate surface area is 94.6 Å². The van der Waals surface area contributed by atoms with Gasteiger partial charge in [0.15, 0.2) is 0 Å². The lowest BCUT2D eigenvalue weighted by Gasteiger charge is -2.24. The van der Waals surface area contributed by atoms with Crippen molar-refractivity contribution in [1.82, 2.24) is 0 Å². The highest BCUT2D eigenvalue weighted by Crippen LogP contribution is 2.41. The van der Waals surface area contributed by atoms with Crippen LogP contribution in [0.3, 0.4) is 0 Å². The maximum atomic E-state index is 11.1. The highest BCUT2D eigenvalue weighted by Gasteiger charge is 2.37. The lowest BCUT2D eigenvalue weighted by molar-refractivity contribution is -0.386. The molecule has 0 aliphatic heterocycles. The van der Waals surface area contributed by atoms with Crippen LogP contribution in [0.15, 0.2) is 18.2 Å². The summed E-state index contributed by atoms with van der Waals surface area (Å²) in [6.07, 6.45) is 3.80. The van der Waals surface area contributed by atoms with Crippen LogP contribution in [0, 0.1) is 17.0 Å². The number of benzene rings is 1. The molecule has 1 aromatic rings. The number of nitro benzene ring substituents is 1. The largest absolute Gasteiger partial charge is 0.321 e. The third-order valence-electron chi connectivity index (χ3n) is 3.45. The van der Waals surface area contributed by atoms with Crippen molar-refractivity contribution in [1.29, 1.82) is 0 Å². The highest BCUT2D eigenvalue weighted by molar-refractivity contribution is 5.50. The van der Waals surface area contributed by atoms with E-state index in [0.717, 1.165) is 25.7 Å². The molecule has 0 amide bonds. The summed E-state index contributed by atoms with van der Waals surface area (Å²) < 4.78 is 0. The lowest BCUT2D eigenvalue weighted by atomic mass is 9.87. The Balaban J connectivity index is 2.55. The van der Waals surface area contributed by atoms with Gasteiger partial charge in [0.25, 0.3) is 5.69 Å². The normalized spacial score (nSPS) is 18.6. The SMILES string of the molecule is Cc1cccc(C2(N)CCCC2)c1[N+](=O)[O-]. The number of para-hydroxylation sites is 1. The van der Waals surface area contributed by atoms with Crippen molar-refractivity contribution in [2.24, 2.45) is 5.73 Å². The van der Waals surface area contributed by atoms with E-state index in [0.29, 0.717) is 11.1 Å². The first-order valence-electron chi connectivity index (χ1n) is 5.58. The molecule has 0 saturated heterocycles. The summed E-state index contributed by atoms with van der Waals surface area (Å²) in [5, 5.41) is 11.1. The number of hydrogen-bond acceptors (Lipinski definition) is 3. The summed E-state index contributed by atoms with van der Waals surface area (Å²) in [5.74, 6) is 0. The molecule has 0 aromatic heterocycles. The fourth-order valence-electron chi connectivity index (χ4n) is 2.58. The van der Waals surface area contributed by atoms with Gasteiger partial charge in [0, 0.05) is 16.7 Å². The van der Waals surface area contributed by atoms with Crippen LogP contribution in [0.4, 0.5) is 5.69 Å². The molecule has 1 saturated carbocycles. The van der Waals surface area contributed by atoms with E-state index in [-0.39, 0.29) is 10.6 Å². The Hall–Kier alpha value is -1.42. The molecule has 1 aliphatic carbocycles. The summed E-state index contributed by atoms with van der Waals surface area (Å²) in [5.41, 5.74) is 7.39. The number of nitro groups is 1. The van der Waals surface area contributed by atoms with Gasteiger partial charge in [0.1, 0.15) is 0 Å². The molecule has 16 heavy (non-hydrogen) atoms. The van der Waals surface area contributed by atoms with Crippen LogP contribution < -0.4 is 5.73 Å². The topological polar surface area (TPSA) is 69.2 Å². The summed E-state index contributed by atoms with van der Waals surface area (Å²) >= 11 is 0. The van der Waals surface area contributed by atoms with E-state index in [1.54, 1.807) is 19.1 Å². The van der Waals surface area contributed by atoms with Crippen LogP contribution in [-0.4, -0.2) is 4.92 Å². The third kappa shape index (κ3) is 1.69. The molecule has 4 heteroatoms. The molecule has 1 fully saturated rings. The number of rotatable bonds is 2. The summed E-state index contributed by atoms with van der Waals surface area (Å²) in [6.45, 7) is 1.76. The van der Waals surface area contributed by atoms with E-state index in [4.69, 9.17) is 5.73 Å². The van der Waals surface area contributed by atoms with Gasteiger partial charge >= 0.3 is 0 Å². The molecule has 4 nitrogen and oxygen atoms in total. The molecule has 86 valence electrons. The first kappa shape index (κ1) is 11.1. The standard InChI is InChI=1S/C12H16N2O2/c1-9-5-4-6-10(11(9)14(15)16)12(13)7-2-3-8-12/h4-6H,2-3,7-8,13H2,1H3. The van der Waals surface area contributed by atoms with Gasteiger partial charge < -0.3 is 5.73 Å². The average Bonchev–Trinajstić information content (AvgIpc) is 2.65. The predicted octanol–water partition coefficient (Wildman–Crippen LogP) is 2.63. The highest BCUT2D eigenvalue weighted by atomic mass is 16.6. The van der Waals surface area contributed by atoms with Crippen molar-refractivity contribution in [2.75, 3.05) is 0 Å². The smallest absolute Gasteiger partial charge is 0.277 e. The second-order valence-electron chi connectivity index (χ2n) is 4.59. The number of aryl methyl sites for hydroxylation is 1. The fraction of sp³-hybridized carbons (Fsp3) is 0.500. The zero-order valence-corrected chi connectivity index (χ0v) is 9.40. The average molecular weight is 220 g/mol. The van der Waals surface area contributed by atoms with Gasteiger partial charge in [-0.1, -0.05) is 31.0 Å². The number of nitrogens with zero attached hydrogens (tertiary/aromatic N) is 1. The van der Waals surface area contributed by atoms with Gasteiger partial charge in [-0.25, -0.2) is 0 Å². The minimum Gasteiger partial charge on any atom is -0.321 e. The molecule has 0 heterocycles. The quantitative estimate of drug-likeness (QED) is 0.615. The lowest BCUT2D eigenvalue weighted by Crippen LogP contribution is -2.34. The van der Waals surface area contributed by atoms with E-state index >= 15 is 0 Å². The van der Waals surface area contributed by atoms with Crippen molar-refractivity contribution in [2.45, 2.75) is 38.1 Å². The second-order valence-corrected chi connectivity index (χ2v) is 4.59. The Morgan fingerprint density at radius 2 is 2.00 bits per heavy atom. The number of nitrogens with two attached hydrogens (primary N) is 1. The van der Waals surface area contributed by atoms with Crippen LogP contribution in [-0.2, 0) is 5.54 Å². The first-order chi connectivity index (χ1) is 7.54. The van der Waals surface area contributed by atoms with Gasteiger partial charge in [-0.3, -0.25) is 10.1 Å². The minimum atomic E-state index is -0.492. The second kappa shape index (κ2) is 3.87. The molecule has 0 atom stereocenters. The Morgan fingerprint density at radius 1 is 1.38 bits per heavy atom. The summed E-state index contributed by atoms with van der Waals surface area (Å²) in [6, 6.07) is 5.42. The van der Waals surface area contributed by atoms with Crippen LogP contribution in [0.1, 0.15) is 36.8 Å². The zero-order valence-electron chi connectivity index (χ0n) is 9.40. The van der Waals surface area contributed by atoms with Gasteiger partial charge in [0.2, 0.25) is 0 Å². The van der Waals surface area contributed by atoms with Crippen LogP contribution in [0.5, 0.6) is 0 Å². The van der Waals surface area contributed by atoms with E-state index in [1.165, 1.54) is 0 Å². The molecule has 0 spiro atoms. The molecular weight excluding hydrogens is 204 g/mol. The van der Waals surface area contributed by atoms with E-state index in [1.807, 2.05) is 6.07 Å². The summed E-state index contributed by atoms with van der Waals surface area (Å²) in [4.78, 5) is 10.8. The van der Waals surface area contributed by atoms with Gasteiger partial charge in [0.05, 0.1) is 4.92 Å². The summed E-state index contributed by atoms with van der Waals surface area (Å²) in [7, 11) is 0. The molecule has 0 unspecified atom stereocenters. The molecule has 1 aromatic carbocycles. The minimum absolute atomic E-state index is 0.201. The Bertz CT molecular complexity index is 423. The Morgan fingerprint density at radius 3 is 2.56 bits per heavy atom. The molecule has 2 N–H and O–H groups in total. The molecular formula is C12H16N2O2. The molecule has 1 aliphatic rings. The van der Waals surface area contributed by atoms with Crippen molar-refractivity contribution < 1.29 is 4.92 Å². The molecule has 0 radical (unpaired) electrons. The predicted molar refractivity (Wildman–Crippen MR) is 62.2 cm³/mol.